The lowest BCUT2D eigenvalue weighted by Gasteiger charge is -1.81. The Morgan fingerprint density at radius 3 is 2.54 bits per heavy atom. The van der Waals surface area contributed by atoms with Gasteiger partial charge in [-0.1, -0.05) is 32.0 Å². The van der Waals surface area contributed by atoms with Gasteiger partial charge in [0.15, 0.2) is 0 Å². The third-order valence-corrected chi connectivity index (χ3v) is 1.35. The van der Waals surface area contributed by atoms with Gasteiger partial charge in [0.25, 0.3) is 0 Å². The average molecular weight is 177 g/mol. The summed E-state index contributed by atoms with van der Waals surface area (Å²) in [7, 11) is 0. The van der Waals surface area contributed by atoms with E-state index < -0.39 is 0 Å². The summed E-state index contributed by atoms with van der Waals surface area (Å²) in [5.41, 5.74) is 6.21. The first-order valence-corrected chi connectivity index (χ1v) is 4.34. The lowest BCUT2D eigenvalue weighted by atomic mass is 10.3. The van der Waals surface area contributed by atoms with Crippen LogP contribution >= 0.6 is 0 Å². The lowest BCUT2D eigenvalue weighted by molar-refractivity contribution is 0.834. The van der Waals surface area contributed by atoms with Crippen molar-refractivity contribution in [1.29, 1.82) is 0 Å². The number of nitrogens with zero attached hydrogens (tertiary/aromatic N) is 1. The third-order valence-electron chi connectivity index (χ3n) is 1.35. The Morgan fingerprint density at radius 1 is 1.31 bits per heavy atom. The van der Waals surface area contributed by atoms with E-state index in [-0.39, 0.29) is 0 Å². The van der Waals surface area contributed by atoms with Crippen LogP contribution in [0, 0.1) is 0 Å². The summed E-state index contributed by atoms with van der Waals surface area (Å²) >= 11 is 0. The molecule has 0 aliphatic heterocycles. The second kappa shape index (κ2) is 4.62. The molecule has 3 heteroatoms. The molecule has 0 saturated carbocycles. The maximum absolute atomic E-state index is 5.11. The number of aromatic amines is 1. The number of nitrogens with one attached hydrogen (secondary N) is 1. The van der Waals surface area contributed by atoms with Gasteiger partial charge in [-0.15, -0.1) is 0 Å². The van der Waals surface area contributed by atoms with Gasteiger partial charge in [0.05, 0.1) is 11.7 Å². The fourth-order valence-electron chi connectivity index (χ4n) is 0.883. The van der Waals surface area contributed by atoms with Crippen LogP contribution in [0.15, 0.2) is 30.5 Å². The number of H-pyrrole nitrogens is 1. The minimum atomic E-state index is 0.333. The first-order valence-electron chi connectivity index (χ1n) is 4.34. The zero-order valence-corrected chi connectivity index (χ0v) is 7.99. The molecule has 1 aromatic carbocycles. The molecule has 0 radical (unpaired) electrons. The molecule has 70 valence electrons. The lowest BCUT2D eigenvalue weighted by Crippen LogP contribution is -2.06. The molecule has 0 atom stereocenters. The first-order chi connectivity index (χ1) is 6.20. The van der Waals surface area contributed by atoms with Crippen molar-refractivity contribution in [3.05, 3.63) is 30.5 Å². The Bertz CT molecular complexity index is 319. The normalized spacial score (nSPS) is 9.85. The monoisotopic (exact) mass is 177 g/mol. The molecule has 1 aromatic heterocycles. The van der Waals surface area contributed by atoms with E-state index in [0.717, 1.165) is 10.9 Å². The molecular formula is C10H15N3. The maximum Gasteiger partial charge on any atom is 0.0650 e. The number of nitrogens with two attached hydrogens (primary N) is 1. The predicted molar refractivity (Wildman–Crippen MR) is 55.4 cm³/mol. The molecule has 13 heavy (non-hydrogen) atoms. The van der Waals surface area contributed by atoms with E-state index in [0.29, 0.717) is 6.04 Å². The molecule has 0 unspecified atom stereocenters. The van der Waals surface area contributed by atoms with Crippen molar-refractivity contribution in [1.82, 2.24) is 10.2 Å². The van der Waals surface area contributed by atoms with Crippen molar-refractivity contribution < 1.29 is 0 Å². The SMILES string of the molecule is CC(C)N.c1ccc2[nH]ncc2c1. The first kappa shape index (κ1) is 9.74. The van der Waals surface area contributed by atoms with E-state index in [1.165, 1.54) is 0 Å². The van der Waals surface area contributed by atoms with Gasteiger partial charge in [0, 0.05) is 5.39 Å². The highest BCUT2D eigenvalue weighted by Crippen LogP contribution is 2.06. The van der Waals surface area contributed by atoms with Gasteiger partial charge in [-0.25, -0.2) is 0 Å². The Hall–Kier alpha value is -1.35. The van der Waals surface area contributed by atoms with Crippen LogP contribution in [0.1, 0.15) is 13.8 Å². The molecule has 0 bridgehead atoms. The molecule has 1 heterocycles. The van der Waals surface area contributed by atoms with E-state index in [2.05, 4.69) is 10.2 Å². The van der Waals surface area contributed by atoms with E-state index in [1.807, 2.05) is 44.3 Å². The topological polar surface area (TPSA) is 54.7 Å². The Labute approximate surface area is 78.0 Å². The molecule has 0 aliphatic carbocycles. The molecule has 3 N–H and O–H groups in total. The van der Waals surface area contributed by atoms with Crippen molar-refractivity contribution >= 4 is 10.9 Å². The number of hydrogen-bond donors (Lipinski definition) is 2. The van der Waals surface area contributed by atoms with Crippen LogP contribution in [-0.2, 0) is 0 Å². The summed E-state index contributed by atoms with van der Waals surface area (Å²) in [6.07, 6.45) is 1.81. The summed E-state index contributed by atoms with van der Waals surface area (Å²) in [6, 6.07) is 8.35. The number of para-hydroxylation sites is 1. The summed E-state index contributed by atoms with van der Waals surface area (Å²) in [4.78, 5) is 0. The van der Waals surface area contributed by atoms with Gasteiger partial charge in [0.1, 0.15) is 0 Å². The van der Waals surface area contributed by atoms with Crippen molar-refractivity contribution in [2.75, 3.05) is 0 Å². The number of benzene rings is 1. The highest BCUT2D eigenvalue weighted by molar-refractivity contribution is 5.77. The predicted octanol–water partition coefficient (Wildman–Crippen LogP) is 1.92. The van der Waals surface area contributed by atoms with Crippen LogP contribution in [0.25, 0.3) is 10.9 Å². The van der Waals surface area contributed by atoms with Gasteiger partial charge >= 0.3 is 0 Å². The van der Waals surface area contributed by atoms with Crippen LogP contribution < -0.4 is 5.73 Å². The Morgan fingerprint density at radius 2 is 1.92 bits per heavy atom. The summed E-state index contributed by atoms with van der Waals surface area (Å²) < 4.78 is 0. The van der Waals surface area contributed by atoms with Crippen LogP contribution in [0.2, 0.25) is 0 Å². The average Bonchev–Trinajstić information content (AvgIpc) is 2.49. The quantitative estimate of drug-likeness (QED) is 0.646. The molecule has 2 rings (SSSR count). The van der Waals surface area contributed by atoms with Crippen molar-refractivity contribution in [2.45, 2.75) is 19.9 Å². The minimum absolute atomic E-state index is 0.333. The fourth-order valence-corrected chi connectivity index (χ4v) is 0.883. The number of fused-ring (bicyclic) bond motifs is 1. The minimum Gasteiger partial charge on any atom is -0.328 e. The maximum atomic E-state index is 5.11. The zero-order chi connectivity index (χ0) is 9.68. The van der Waals surface area contributed by atoms with Gasteiger partial charge in [0.2, 0.25) is 0 Å². The van der Waals surface area contributed by atoms with Crippen molar-refractivity contribution in [3.8, 4) is 0 Å². The zero-order valence-electron chi connectivity index (χ0n) is 7.99. The van der Waals surface area contributed by atoms with Gasteiger partial charge in [-0.05, 0) is 12.1 Å². The largest absolute Gasteiger partial charge is 0.328 e. The van der Waals surface area contributed by atoms with Gasteiger partial charge in [-0.3, -0.25) is 5.10 Å². The molecule has 0 spiro atoms. The second-order valence-corrected chi connectivity index (χ2v) is 3.20. The second-order valence-electron chi connectivity index (χ2n) is 3.20. The molecule has 0 amide bonds. The number of aromatic nitrogens is 2. The molecular weight excluding hydrogens is 162 g/mol. The van der Waals surface area contributed by atoms with Crippen molar-refractivity contribution in [2.24, 2.45) is 5.73 Å². The van der Waals surface area contributed by atoms with Crippen LogP contribution in [-0.4, -0.2) is 16.2 Å². The molecule has 0 fully saturated rings. The van der Waals surface area contributed by atoms with E-state index in [1.54, 1.807) is 0 Å². The molecule has 0 saturated heterocycles. The van der Waals surface area contributed by atoms with Gasteiger partial charge in [-0.2, -0.15) is 5.10 Å². The summed E-state index contributed by atoms with van der Waals surface area (Å²) in [6.45, 7) is 3.89. The fraction of sp³-hybridized carbons (Fsp3) is 0.300. The number of rotatable bonds is 0. The third kappa shape index (κ3) is 3.25. The summed E-state index contributed by atoms with van der Waals surface area (Å²) in [5.74, 6) is 0. The Kier molecular flexibility index (Phi) is 3.46. The van der Waals surface area contributed by atoms with Crippen LogP contribution in [0.3, 0.4) is 0 Å². The standard InChI is InChI=1S/C7H6N2.C3H9N/c1-2-4-7-6(3-1)5-8-9-7;1-3(2)4/h1-5H,(H,8,9);3H,4H2,1-2H3. The highest BCUT2D eigenvalue weighted by atomic mass is 15.1. The smallest absolute Gasteiger partial charge is 0.0650 e. The molecule has 0 aliphatic rings. The highest BCUT2D eigenvalue weighted by Gasteiger charge is 1.88. The van der Waals surface area contributed by atoms with Crippen molar-refractivity contribution in [3.63, 3.8) is 0 Å². The Balaban J connectivity index is 0.000000184. The van der Waals surface area contributed by atoms with E-state index >= 15 is 0 Å². The number of hydrogen-bond acceptors (Lipinski definition) is 2. The summed E-state index contributed by atoms with van der Waals surface area (Å²) in [5, 5.41) is 7.91. The molecule has 3 nitrogen and oxygen atoms in total. The van der Waals surface area contributed by atoms with Crippen LogP contribution in [0.4, 0.5) is 0 Å². The van der Waals surface area contributed by atoms with E-state index in [9.17, 15) is 0 Å². The molecule has 2 aromatic rings. The van der Waals surface area contributed by atoms with E-state index in [4.69, 9.17) is 5.73 Å². The van der Waals surface area contributed by atoms with Crippen LogP contribution in [0.5, 0.6) is 0 Å². The van der Waals surface area contributed by atoms with Gasteiger partial charge < -0.3 is 5.73 Å².